The first-order valence-corrected chi connectivity index (χ1v) is 9.04. The maximum Gasteiger partial charge on any atom is 0.244 e. The summed E-state index contributed by atoms with van der Waals surface area (Å²) in [4.78, 5) is 0.201. The number of hydrogen-bond acceptors (Lipinski definition) is 4. The third kappa shape index (κ3) is 3.32. The second-order valence-electron chi connectivity index (χ2n) is 5.45. The van der Waals surface area contributed by atoms with Gasteiger partial charge in [0.05, 0.1) is 24.2 Å². The molecular weight excluding hydrogens is 358 g/mol. The molecule has 1 aromatic carbocycles. The van der Waals surface area contributed by atoms with E-state index < -0.39 is 10.0 Å². The Labute approximate surface area is 134 Å². The Morgan fingerprint density at radius 3 is 2.71 bits per heavy atom. The fourth-order valence-corrected chi connectivity index (χ4v) is 5.15. The summed E-state index contributed by atoms with van der Waals surface area (Å²) in [7, 11) is -3.63. The predicted octanol–water partition coefficient (Wildman–Crippen LogP) is 2.05. The molecule has 2 atom stereocenters. The van der Waals surface area contributed by atoms with Crippen molar-refractivity contribution in [3.05, 3.63) is 27.7 Å². The van der Waals surface area contributed by atoms with Crippen molar-refractivity contribution in [2.45, 2.75) is 44.4 Å². The zero-order valence-electron chi connectivity index (χ0n) is 12.3. The molecule has 7 heteroatoms. The summed E-state index contributed by atoms with van der Waals surface area (Å²) in [5, 5.41) is 9.30. The number of nitrogens with zero attached hydrogens (tertiary/aromatic N) is 1. The topological polar surface area (TPSA) is 66.8 Å². The lowest BCUT2D eigenvalue weighted by molar-refractivity contribution is -0.0170. The van der Waals surface area contributed by atoms with E-state index in [0.29, 0.717) is 23.2 Å². The van der Waals surface area contributed by atoms with Gasteiger partial charge in [0.15, 0.2) is 0 Å². The SMILES string of the molecule is Cc1cc(CO)cc(S(=O)(=O)N2CC(C)OCC2C)c1Br. The van der Waals surface area contributed by atoms with Crippen LogP contribution in [0.5, 0.6) is 0 Å². The van der Waals surface area contributed by atoms with Crippen molar-refractivity contribution in [1.29, 1.82) is 0 Å². The van der Waals surface area contributed by atoms with E-state index in [-0.39, 0.29) is 23.6 Å². The van der Waals surface area contributed by atoms with Crippen LogP contribution in [0.3, 0.4) is 0 Å². The van der Waals surface area contributed by atoms with Crippen molar-refractivity contribution in [1.82, 2.24) is 4.31 Å². The van der Waals surface area contributed by atoms with Crippen molar-refractivity contribution in [2.24, 2.45) is 0 Å². The first kappa shape index (κ1) is 16.9. The molecule has 1 saturated heterocycles. The van der Waals surface area contributed by atoms with E-state index in [2.05, 4.69) is 15.9 Å². The zero-order chi connectivity index (χ0) is 15.8. The molecule has 0 radical (unpaired) electrons. The number of halogens is 1. The van der Waals surface area contributed by atoms with Crippen molar-refractivity contribution in [3.8, 4) is 0 Å². The number of ether oxygens (including phenoxy) is 1. The average Bonchev–Trinajstić information content (AvgIpc) is 2.43. The van der Waals surface area contributed by atoms with Crippen LogP contribution < -0.4 is 0 Å². The summed E-state index contributed by atoms with van der Waals surface area (Å²) in [6.07, 6.45) is -0.128. The monoisotopic (exact) mass is 377 g/mol. The highest BCUT2D eigenvalue weighted by Gasteiger charge is 2.35. The normalized spacial score (nSPS) is 24.2. The molecule has 0 aromatic heterocycles. The van der Waals surface area contributed by atoms with Gasteiger partial charge < -0.3 is 9.84 Å². The van der Waals surface area contributed by atoms with E-state index in [9.17, 15) is 13.5 Å². The minimum Gasteiger partial charge on any atom is -0.392 e. The Hall–Kier alpha value is -0.470. The van der Waals surface area contributed by atoms with Crippen molar-refractivity contribution < 1.29 is 18.3 Å². The molecule has 0 bridgehead atoms. The quantitative estimate of drug-likeness (QED) is 0.874. The predicted molar refractivity (Wildman–Crippen MR) is 83.6 cm³/mol. The second kappa shape index (κ2) is 6.34. The lowest BCUT2D eigenvalue weighted by atomic mass is 10.1. The van der Waals surface area contributed by atoms with E-state index in [4.69, 9.17) is 4.74 Å². The summed E-state index contributed by atoms with van der Waals surface area (Å²) in [5.41, 5.74) is 1.37. The number of hydrogen-bond donors (Lipinski definition) is 1. The van der Waals surface area contributed by atoms with Gasteiger partial charge >= 0.3 is 0 Å². The van der Waals surface area contributed by atoms with E-state index in [0.717, 1.165) is 5.56 Å². The van der Waals surface area contributed by atoms with Gasteiger partial charge in [-0.05, 0) is 53.9 Å². The first-order chi connectivity index (χ1) is 9.77. The van der Waals surface area contributed by atoms with E-state index in [1.54, 1.807) is 6.07 Å². The number of morpholine rings is 1. The summed E-state index contributed by atoms with van der Waals surface area (Å²) in [6.45, 7) is 6.04. The van der Waals surface area contributed by atoms with Crippen LogP contribution >= 0.6 is 15.9 Å². The number of aliphatic hydroxyl groups is 1. The molecule has 0 aliphatic carbocycles. The first-order valence-electron chi connectivity index (χ1n) is 6.80. The smallest absolute Gasteiger partial charge is 0.244 e. The summed E-state index contributed by atoms with van der Waals surface area (Å²) >= 11 is 3.36. The maximum atomic E-state index is 12.9. The highest BCUT2D eigenvalue weighted by Crippen LogP contribution is 2.31. The standard InChI is InChI=1S/C14H20BrNO4S/c1-9-4-12(7-17)5-13(14(9)15)21(18,19)16-6-11(3)20-8-10(16)2/h4-5,10-11,17H,6-8H2,1-3H3. The van der Waals surface area contributed by atoms with Crippen molar-refractivity contribution in [2.75, 3.05) is 13.2 Å². The molecule has 2 unspecified atom stereocenters. The lowest BCUT2D eigenvalue weighted by Crippen LogP contribution is -2.50. The van der Waals surface area contributed by atoms with Crippen LogP contribution in [0.1, 0.15) is 25.0 Å². The van der Waals surface area contributed by atoms with Gasteiger partial charge in [-0.15, -0.1) is 0 Å². The van der Waals surface area contributed by atoms with Crippen molar-refractivity contribution >= 4 is 26.0 Å². The number of benzene rings is 1. The van der Waals surface area contributed by atoms with Gasteiger partial charge in [-0.1, -0.05) is 6.07 Å². The second-order valence-corrected chi connectivity index (χ2v) is 8.10. The molecule has 1 N–H and O–H groups in total. The number of aryl methyl sites for hydroxylation is 1. The Morgan fingerprint density at radius 2 is 2.10 bits per heavy atom. The van der Waals surface area contributed by atoms with E-state index in [1.807, 2.05) is 20.8 Å². The molecule has 1 aromatic rings. The van der Waals surface area contributed by atoms with Crippen LogP contribution in [-0.4, -0.2) is 43.1 Å². The fourth-order valence-electron chi connectivity index (χ4n) is 2.42. The summed E-state index contributed by atoms with van der Waals surface area (Å²) in [6, 6.07) is 3.09. The van der Waals surface area contributed by atoms with Crippen LogP contribution in [0.2, 0.25) is 0 Å². The van der Waals surface area contributed by atoms with Gasteiger partial charge in [0.2, 0.25) is 10.0 Å². The molecule has 0 saturated carbocycles. The van der Waals surface area contributed by atoms with Crippen LogP contribution in [0.15, 0.2) is 21.5 Å². The molecule has 1 heterocycles. The molecule has 1 fully saturated rings. The van der Waals surface area contributed by atoms with Crippen LogP contribution in [0, 0.1) is 6.92 Å². The zero-order valence-corrected chi connectivity index (χ0v) is 14.7. The Balaban J connectivity index is 2.51. The van der Waals surface area contributed by atoms with Gasteiger partial charge in [0.1, 0.15) is 0 Å². The highest BCUT2D eigenvalue weighted by molar-refractivity contribution is 9.10. The molecule has 1 aliphatic rings. The lowest BCUT2D eigenvalue weighted by Gasteiger charge is -2.36. The van der Waals surface area contributed by atoms with Gasteiger partial charge in [0, 0.05) is 17.1 Å². The Bertz CT molecular complexity index is 632. The molecule has 0 spiro atoms. The van der Waals surface area contributed by atoms with E-state index in [1.165, 1.54) is 10.4 Å². The molecule has 118 valence electrons. The van der Waals surface area contributed by atoms with Gasteiger partial charge in [-0.3, -0.25) is 0 Å². The van der Waals surface area contributed by atoms with E-state index >= 15 is 0 Å². The van der Waals surface area contributed by atoms with Gasteiger partial charge in [-0.25, -0.2) is 8.42 Å². The van der Waals surface area contributed by atoms with Crippen molar-refractivity contribution in [3.63, 3.8) is 0 Å². The van der Waals surface area contributed by atoms with Crippen LogP contribution in [-0.2, 0) is 21.4 Å². The molecule has 2 rings (SSSR count). The molecule has 21 heavy (non-hydrogen) atoms. The van der Waals surface area contributed by atoms with Gasteiger partial charge in [0.25, 0.3) is 0 Å². The fraction of sp³-hybridized carbons (Fsp3) is 0.571. The highest BCUT2D eigenvalue weighted by atomic mass is 79.9. The average molecular weight is 378 g/mol. The minimum absolute atomic E-state index is 0.128. The Kier molecular flexibility index (Phi) is 5.10. The molecule has 1 aliphatic heterocycles. The molecular formula is C14H20BrNO4S. The number of sulfonamides is 1. The third-order valence-corrected chi connectivity index (χ3v) is 6.92. The van der Waals surface area contributed by atoms with Gasteiger partial charge in [-0.2, -0.15) is 4.31 Å². The molecule has 5 nitrogen and oxygen atoms in total. The molecule has 0 amide bonds. The minimum atomic E-state index is -3.63. The third-order valence-electron chi connectivity index (χ3n) is 3.60. The summed E-state index contributed by atoms with van der Waals surface area (Å²) in [5.74, 6) is 0. The maximum absolute atomic E-state index is 12.9. The van der Waals surface area contributed by atoms with Crippen LogP contribution in [0.25, 0.3) is 0 Å². The number of aliphatic hydroxyl groups excluding tert-OH is 1. The summed E-state index contributed by atoms with van der Waals surface area (Å²) < 4.78 is 33.4. The largest absolute Gasteiger partial charge is 0.392 e. The number of rotatable bonds is 3. The Morgan fingerprint density at radius 1 is 1.43 bits per heavy atom. The van der Waals surface area contributed by atoms with Crippen LogP contribution in [0.4, 0.5) is 0 Å².